The summed E-state index contributed by atoms with van der Waals surface area (Å²) in [5.74, 6) is -6.50. The fourth-order valence-electron chi connectivity index (χ4n) is 7.62. The Bertz CT molecular complexity index is 1380. The summed E-state index contributed by atoms with van der Waals surface area (Å²) in [4.78, 5) is 42.9. The normalized spacial score (nSPS) is 28.5. The van der Waals surface area contributed by atoms with E-state index in [1.165, 1.54) is 24.2 Å². The fourth-order valence-corrected chi connectivity index (χ4v) is 7.62. The van der Waals surface area contributed by atoms with E-state index >= 15 is 0 Å². The molecule has 0 saturated heterocycles. The lowest BCUT2D eigenvalue weighted by atomic mass is 9.57. The number of anilines is 1. The van der Waals surface area contributed by atoms with Crippen LogP contribution >= 0.6 is 0 Å². The van der Waals surface area contributed by atoms with Crippen molar-refractivity contribution < 1.29 is 34.8 Å². The third-order valence-electron chi connectivity index (χ3n) is 9.41. The number of nitrogens with zero attached hydrogens (tertiary/aromatic N) is 2. The Morgan fingerprint density at radius 2 is 1.76 bits per heavy atom. The first-order valence-electron chi connectivity index (χ1n) is 14.2. The molecule has 4 atom stereocenters. The van der Waals surface area contributed by atoms with Crippen molar-refractivity contribution in [1.82, 2.24) is 10.2 Å². The number of hydrogen-bond donors (Lipinski definition) is 6. The van der Waals surface area contributed by atoms with E-state index in [9.17, 15) is 34.8 Å². The molecule has 0 heterocycles. The van der Waals surface area contributed by atoms with Gasteiger partial charge in [0.1, 0.15) is 22.8 Å². The van der Waals surface area contributed by atoms with Gasteiger partial charge in [0, 0.05) is 43.9 Å². The number of nitrogens with one attached hydrogen (secondary N) is 1. The third kappa shape index (κ3) is 4.41. The summed E-state index contributed by atoms with van der Waals surface area (Å²) in [6.45, 7) is 0.522. The van der Waals surface area contributed by atoms with Gasteiger partial charge in [-0.25, -0.2) is 0 Å². The molecule has 1 aromatic rings. The third-order valence-corrected chi connectivity index (χ3v) is 9.41. The van der Waals surface area contributed by atoms with Crippen LogP contribution in [0.5, 0.6) is 5.75 Å². The van der Waals surface area contributed by atoms with Crippen LogP contribution in [0.4, 0.5) is 5.69 Å². The molecule has 0 aromatic heterocycles. The van der Waals surface area contributed by atoms with Crippen LogP contribution in [-0.4, -0.2) is 88.7 Å². The topological polar surface area (TPSA) is 177 Å². The van der Waals surface area contributed by atoms with E-state index in [1.54, 1.807) is 20.2 Å². The SMILES string of the molecule is CN(C)c1c(CNC2CCCCC2)cc(O)c2c1C[C@H]1C[C@H]3[C@H](N(C)C)C(=O)C(C(N)=O)=C(O)[C@@]3(O)C(=O)C1=C2O. The van der Waals surface area contributed by atoms with Crippen molar-refractivity contribution >= 4 is 28.9 Å². The van der Waals surface area contributed by atoms with Crippen molar-refractivity contribution in [1.29, 1.82) is 0 Å². The number of hydrogen-bond acceptors (Lipinski definition) is 10. The Labute approximate surface area is 239 Å². The fraction of sp³-hybridized carbons (Fsp3) is 0.567. The molecule has 5 rings (SSSR count). The zero-order chi connectivity index (χ0) is 30.0. The molecule has 0 bridgehead atoms. The number of carbonyl (C=O) groups is 3. The van der Waals surface area contributed by atoms with Crippen LogP contribution in [0.15, 0.2) is 23.0 Å². The Hall–Kier alpha value is -3.41. The number of amides is 1. The van der Waals surface area contributed by atoms with E-state index in [0.717, 1.165) is 24.1 Å². The van der Waals surface area contributed by atoms with Gasteiger partial charge in [0.25, 0.3) is 5.91 Å². The minimum absolute atomic E-state index is 0.0595. The number of Topliss-reactive ketones (excluding diaryl/α,β-unsaturated/α-hetero) is 2. The lowest BCUT2D eigenvalue weighted by Crippen LogP contribution is -2.65. The van der Waals surface area contributed by atoms with Crippen LogP contribution in [-0.2, 0) is 27.3 Å². The number of aliphatic hydroxyl groups is 3. The average Bonchev–Trinajstić information content (AvgIpc) is 2.89. The molecule has 2 saturated carbocycles. The lowest BCUT2D eigenvalue weighted by Gasteiger charge is -2.50. The van der Waals surface area contributed by atoms with Crippen molar-refractivity contribution in [3.05, 3.63) is 39.7 Å². The monoisotopic (exact) mass is 568 g/mol. The van der Waals surface area contributed by atoms with Crippen LogP contribution in [0.1, 0.15) is 55.2 Å². The lowest BCUT2D eigenvalue weighted by molar-refractivity contribution is -0.153. The van der Waals surface area contributed by atoms with Crippen LogP contribution < -0.4 is 16.0 Å². The van der Waals surface area contributed by atoms with E-state index in [1.807, 2.05) is 19.0 Å². The van der Waals surface area contributed by atoms with Crippen molar-refractivity contribution in [3.63, 3.8) is 0 Å². The van der Waals surface area contributed by atoms with Crippen LogP contribution in [0, 0.1) is 11.8 Å². The Morgan fingerprint density at radius 1 is 1.10 bits per heavy atom. The number of fused-ring (bicyclic) bond motifs is 3. The van der Waals surface area contributed by atoms with E-state index in [4.69, 9.17) is 5.73 Å². The zero-order valence-electron chi connectivity index (χ0n) is 24.0. The first-order valence-corrected chi connectivity index (χ1v) is 14.2. The molecule has 4 aliphatic rings. The number of benzene rings is 1. The van der Waals surface area contributed by atoms with Gasteiger partial charge in [0.2, 0.25) is 5.78 Å². The molecule has 11 heteroatoms. The molecule has 1 amide bonds. The summed E-state index contributed by atoms with van der Waals surface area (Å²) in [5, 5.41) is 49.0. The molecule has 0 aliphatic heterocycles. The minimum atomic E-state index is -2.64. The van der Waals surface area contributed by atoms with Gasteiger partial charge in [0.15, 0.2) is 11.4 Å². The summed E-state index contributed by atoms with van der Waals surface area (Å²) < 4.78 is 0. The average molecular weight is 569 g/mol. The molecule has 222 valence electrons. The number of nitrogens with two attached hydrogens (primary N) is 1. The highest BCUT2D eigenvalue weighted by Crippen LogP contribution is 2.54. The molecule has 0 radical (unpaired) electrons. The number of carbonyl (C=O) groups excluding carboxylic acids is 3. The molecule has 4 aliphatic carbocycles. The van der Waals surface area contributed by atoms with Gasteiger partial charge in [-0.3, -0.25) is 19.3 Å². The van der Waals surface area contributed by atoms with Crippen LogP contribution in [0.25, 0.3) is 5.76 Å². The van der Waals surface area contributed by atoms with Gasteiger partial charge in [-0.05, 0) is 62.9 Å². The van der Waals surface area contributed by atoms with Crippen molar-refractivity contribution in [2.24, 2.45) is 17.6 Å². The molecular weight excluding hydrogens is 528 g/mol. The number of ketones is 2. The number of aromatic hydroxyl groups is 1. The quantitative estimate of drug-likeness (QED) is 0.275. The smallest absolute Gasteiger partial charge is 0.255 e. The van der Waals surface area contributed by atoms with E-state index in [2.05, 4.69) is 5.32 Å². The first-order chi connectivity index (χ1) is 19.3. The van der Waals surface area contributed by atoms with Gasteiger partial charge < -0.3 is 36.4 Å². The largest absolute Gasteiger partial charge is 0.508 e. The molecule has 0 spiro atoms. The summed E-state index contributed by atoms with van der Waals surface area (Å²) in [5.41, 5.74) is 4.23. The Morgan fingerprint density at radius 3 is 2.34 bits per heavy atom. The summed E-state index contributed by atoms with van der Waals surface area (Å²) in [7, 11) is 6.93. The summed E-state index contributed by atoms with van der Waals surface area (Å²) >= 11 is 0. The van der Waals surface area contributed by atoms with E-state index in [0.29, 0.717) is 18.2 Å². The zero-order valence-corrected chi connectivity index (χ0v) is 24.0. The molecule has 2 fully saturated rings. The van der Waals surface area contributed by atoms with Gasteiger partial charge in [-0.1, -0.05) is 19.3 Å². The number of phenolic OH excluding ortho intramolecular Hbond substituents is 1. The highest BCUT2D eigenvalue weighted by Gasteiger charge is 2.64. The first kappa shape index (κ1) is 29.1. The number of likely N-dealkylation sites (N-methyl/N-ethyl adjacent to an activating group) is 1. The van der Waals surface area contributed by atoms with E-state index in [-0.39, 0.29) is 29.7 Å². The molecule has 0 unspecified atom stereocenters. The van der Waals surface area contributed by atoms with Crippen LogP contribution in [0.2, 0.25) is 0 Å². The minimum Gasteiger partial charge on any atom is -0.508 e. The highest BCUT2D eigenvalue weighted by molar-refractivity contribution is 6.24. The van der Waals surface area contributed by atoms with E-state index < -0.39 is 58.0 Å². The maximum Gasteiger partial charge on any atom is 0.255 e. The summed E-state index contributed by atoms with van der Waals surface area (Å²) in [6, 6.07) is 0.874. The second-order valence-corrected chi connectivity index (χ2v) is 12.3. The van der Waals surface area contributed by atoms with Crippen LogP contribution in [0.3, 0.4) is 0 Å². The molecule has 11 nitrogen and oxygen atoms in total. The molecular formula is C30H40N4O7. The van der Waals surface area contributed by atoms with Gasteiger partial charge in [-0.15, -0.1) is 0 Å². The van der Waals surface area contributed by atoms with Gasteiger partial charge in [0.05, 0.1) is 11.6 Å². The standard InChI is InChI=1S/C30H40N4O7/c1-33(2)23-15(13-32-16-8-6-5-7-9-16)12-19(35)21-17(23)10-14-11-18-24(34(3)4)26(37)22(29(31)40)28(39)30(18,41)27(38)20(14)25(21)36/h12,14,16,18,24,32,35-36,39,41H,5-11,13H2,1-4H3,(H2,31,40)/t14-,18-,24-,30-/m0/s1. The molecule has 1 aromatic carbocycles. The predicted molar refractivity (Wildman–Crippen MR) is 152 cm³/mol. The number of aliphatic hydroxyl groups excluding tert-OH is 2. The maximum absolute atomic E-state index is 14.0. The highest BCUT2D eigenvalue weighted by atomic mass is 16.3. The second-order valence-electron chi connectivity index (χ2n) is 12.3. The van der Waals surface area contributed by atoms with Gasteiger partial charge >= 0.3 is 0 Å². The number of rotatable bonds is 6. The molecule has 7 N–H and O–H groups in total. The number of primary amides is 1. The second kappa shape index (κ2) is 10.5. The Kier molecular flexibility index (Phi) is 7.42. The van der Waals surface area contributed by atoms with Crippen molar-refractivity contribution in [2.75, 3.05) is 33.1 Å². The van der Waals surface area contributed by atoms with Crippen molar-refractivity contribution in [3.8, 4) is 5.75 Å². The maximum atomic E-state index is 14.0. The number of phenols is 1. The van der Waals surface area contributed by atoms with Crippen molar-refractivity contribution in [2.45, 2.75) is 69.2 Å². The molecule has 41 heavy (non-hydrogen) atoms. The Balaban J connectivity index is 1.63. The predicted octanol–water partition coefficient (Wildman–Crippen LogP) is 1.45. The summed E-state index contributed by atoms with van der Waals surface area (Å²) in [6.07, 6.45) is 6.11. The van der Waals surface area contributed by atoms with Gasteiger partial charge in [-0.2, -0.15) is 0 Å².